The Morgan fingerprint density at radius 2 is 1.84 bits per heavy atom. The Morgan fingerprint density at radius 3 is 2.41 bits per heavy atom. The highest BCUT2D eigenvalue weighted by Gasteiger charge is 2.62. The van der Waals surface area contributed by atoms with Crippen LogP contribution in [-0.4, -0.2) is 83.2 Å². The van der Waals surface area contributed by atoms with Crippen molar-refractivity contribution in [3.63, 3.8) is 0 Å². The molecule has 266 valence electrons. The molecule has 0 bridgehead atoms. The van der Waals surface area contributed by atoms with E-state index in [4.69, 9.17) is 13.9 Å². The molecular weight excluding hydrogens is 654 g/mol. The Bertz CT molecular complexity index is 1710. The maximum atomic E-state index is 14.3. The summed E-state index contributed by atoms with van der Waals surface area (Å²) in [5.41, 5.74) is -1.85. The molecule has 2 aliphatic carbocycles. The average Bonchev–Trinajstić information content (AvgIpc) is 3.87. The molecule has 3 fully saturated rings. The first-order chi connectivity index (χ1) is 22.8. The molecule has 2 aromatic rings. The molecule has 3 aliphatic rings. The molecule has 5 rings (SSSR count). The van der Waals surface area contributed by atoms with Crippen LogP contribution in [0.1, 0.15) is 67.2 Å². The summed E-state index contributed by atoms with van der Waals surface area (Å²) in [4.78, 5) is 60.6. The summed E-state index contributed by atoms with van der Waals surface area (Å²) in [7, 11) is -3.89. The van der Waals surface area contributed by atoms with Crippen molar-refractivity contribution in [2.75, 3.05) is 6.54 Å². The quantitative estimate of drug-likeness (QED) is 0.294. The number of furan rings is 1. The van der Waals surface area contributed by atoms with Crippen LogP contribution in [0.4, 0.5) is 4.79 Å². The van der Waals surface area contributed by atoms with E-state index >= 15 is 0 Å². The first kappa shape index (κ1) is 35.9. The lowest BCUT2D eigenvalue weighted by Crippen LogP contribution is -2.60. The number of sulfonamides is 1. The fourth-order valence-electron chi connectivity index (χ4n) is 5.86. The number of hydrogen-bond donors (Lipinski definition) is 3. The first-order valence-corrected chi connectivity index (χ1v) is 17.8. The van der Waals surface area contributed by atoms with E-state index in [1.165, 1.54) is 17.2 Å². The van der Waals surface area contributed by atoms with Crippen molar-refractivity contribution in [1.82, 2.24) is 25.2 Å². The van der Waals surface area contributed by atoms with Gasteiger partial charge in [-0.2, -0.15) is 0 Å². The maximum Gasteiger partial charge on any atom is 0.408 e. The van der Waals surface area contributed by atoms with Gasteiger partial charge in [0.05, 0.1) is 30.0 Å². The van der Waals surface area contributed by atoms with Crippen molar-refractivity contribution < 1.29 is 41.5 Å². The number of pyridine rings is 1. The van der Waals surface area contributed by atoms with E-state index in [2.05, 4.69) is 26.9 Å². The van der Waals surface area contributed by atoms with Crippen molar-refractivity contribution in [3.8, 4) is 17.1 Å². The highest BCUT2D eigenvalue weighted by molar-refractivity contribution is 7.91. The summed E-state index contributed by atoms with van der Waals surface area (Å²) >= 11 is 0. The van der Waals surface area contributed by atoms with Crippen molar-refractivity contribution in [3.05, 3.63) is 49.4 Å². The molecule has 0 spiro atoms. The second-order valence-electron chi connectivity index (χ2n) is 15.0. The summed E-state index contributed by atoms with van der Waals surface area (Å²) in [6.45, 7) is 14.1. The van der Waals surface area contributed by atoms with Crippen molar-refractivity contribution >= 4 is 33.8 Å². The minimum atomic E-state index is -3.89. The van der Waals surface area contributed by atoms with Gasteiger partial charge in [0.1, 0.15) is 29.3 Å². The van der Waals surface area contributed by atoms with Crippen LogP contribution in [0.5, 0.6) is 5.88 Å². The molecule has 15 heteroatoms. The molecule has 14 nitrogen and oxygen atoms in total. The van der Waals surface area contributed by atoms with Crippen LogP contribution in [0, 0.1) is 11.3 Å². The number of amides is 4. The smallest absolute Gasteiger partial charge is 0.408 e. The fraction of sp³-hybridized carbons (Fsp3) is 0.559. The summed E-state index contributed by atoms with van der Waals surface area (Å²) in [5.74, 6) is -2.34. The number of hydrogen-bond acceptors (Lipinski definition) is 10. The van der Waals surface area contributed by atoms with Gasteiger partial charge in [-0.25, -0.2) is 18.2 Å². The largest absolute Gasteiger partial charge is 0.472 e. The van der Waals surface area contributed by atoms with E-state index in [0.29, 0.717) is 18.5 Å². The molecule has 0 unspecified atom stereocenters. The lowest BCUT2D eigenvalue weighted by atomic mass is 9.85. The molecule has 49 heavy (non-hydrogen) atoms. The van der Waals surface area contributed by atoms with Crippen LogP contribution in [0.25, 0.3) is 11.3 Å². The highest BCUT2D eigenvalue weighted by atomic mass is 32.2. The number of ether oxygens (including phenoxy) is 2. The second-order valence-corrected chi connectivity index (χ2v) is 16.9. The normalized spacial score (nSPS) is 24.4. The monoisotopic (exact) mass is 699 g/mol. The molecule has 3 N–H and O–H groups in total. The summed E-state index contributed by atoms with van der Waals surface area (Å²) in [5, 5.41) is 4.81. The maximum absolute atomic E-state index is 14.3. The molecule has 1 saturated heterocycles. The average molecular weight is 700 g/mol. The van der Waals surface area contributed by atoms with Crippen molar-refractivity contribution in [2.24, 2.45) is 11.3 Å². The lowest BCUT2D eigenvalue weighted by molar-refractivity contribution is -0.143. The zero-order chi connectivity index (χ0) is 35.9. The molecule has 2 aromatic heterocycles. The van der Waals surface area contributed by atoms with E-state index in [9.17, 15) is 27.6 Å². The number of alkyl carbamates (subject to hydrolysis) is 1. The van der Waals surface area contributed by atoms with E-state index in [-0.39, 0.29) is 25.3 Å². The van der Waals surface area contributed by atoms with Crippen LogP contribution in [-0.2, 0) is 29.1 Å². The molecule has 1 aliphatic heterocycles. The summed E-state index contributed by atoms with van der Waals surface area (Å²) in [6, 6.07) is 4.70. The van der Waals surface area contributed by atoms with Gasteiger partial charge in [-0.3, -0.25) is 19.1 Å². The standard InChI is InChI=1S/C34H45N5O9S/c1-8-21-17-34(21,30(42)38-49(44,45)23-12-13-23)37-28(40)25-16-22(47-26-11-9-10-24(35-26)20-14-15-46-19-20)18-39(25)29(41)27(32(2,3)4)36-31(43)48-33(5,6)7/h8-11,14-15,19,21-23,25,27H,1,12-13,16-18H2,2-7H3,(H,36,43)(H,37,40)(H,38,42)/t21-,22-,25+,27-,34-/m1/s1. The molecule has 0 aromatic carbocycles. The van der Waals surface area contributed by atoms with Gasteiger partial charge < -0.3 is 29.4 Å². The number of carbonyl (C=O) groups excluding carboxylic acids is 4. The number of aromatic nitrogens is 1. The summed E-state index contributed by atoms with van der Waals surface area (Å²) < 4.78 is 44.2. The first-order valence-electron chi connectivity index (χ1n) is 16.3. The van der Waals surface area contributed by atoms with Gasteiger partial charge in [0, 0.05) is 24.0 Å². The van der Waals surface area contributed by atoms with Crippen molar-refractivity contribution in [1.29, 1.82) is 0 Å². The zero-order valence-corrected chi connectivity index (χ0v) is 29.5. The van der Waals surface area contributed by atoms with Crippen LogP contribution in [0.3, 0.4) is 0 Å². The van der Waals surface area contributed by atoms with Gasteiger partial charge in [0.25, 0.3) is 5.91 Å². The number of rotatable bonds is 11. The molecule has 3 heterocycles. The second kappa shape index (κ2) is 13.1. The molecule has 4 amide bonds. The van der Waals surface area contributed by atoms with Gasteiger partial charge in [0.2, 0.25) is 27.7 Å². The van der Waals surface area contributed by atoms with Crippen LogP contribution in [0.2, 0.25) is 0 Å². The van der Waals surface area contributed by atoms with Gasteiger partial charge in [0.15, 0.2) is 0 Å². The van der Waals surface area contributed by atoms with Gasteiger partial charge in [-0.05, 0) is 57.6 Å². The third-order valence-electron chi connectivity index (χ3n) is 8.70. The molecular formula is C34H45N5O9S. The van der Waals surface area contributed by atoms with Crippen LogP contribution in [0.15, 0.2) is 53.9 Å². The topological polar surface area (TPSA) is 186 Å². The SMILES string of the molecule is C=C[C@@H]1C[C@]1(NC(=O)[C@@H]1C[C@@H](Oc2cccc(-c3ccoc3)n2)CN1C(=O)[C@@H](NC(=O)OC(C)(C)C)C(C)(C)C)C(=O)NS(=O)(=O)C1CC1. The van der Waals surface area contributed by atoms with Crippen molar-refractivity contribution in [2.45, 2.75) is 102 Å². The van der Waals surface area contributed by atoms with Gasteiger partial charge in [-0.1, -0.05) is 32.9 Å². The molecule has 5 atom stereocenters. The summed E-state index contributed by atoms with van der Waals surface area (Å²) in [6.07, 6.45) is 4.14. The van der Waals surface area contributed by atoms with Gasteiger partial charge >= 0.3 is 6.09 Å². The Hall–Kier alpha value is -4.40. The minimum Gasteiger partial charge on any atom is -0.472 e. The number of likely N-dealkylation sites (tertiary alicyclic amines) is 1. The fourth-order valence-corrected chi connectivity index (χ4v) is 7.22. The Kier molecular flexibility index (Phi) is 9.63. The predicted molar refractivity (Wildman–Crippen MR) is 178 cm³/mol. The van der Waals surface area contributed by atoms with E-state index in [0.717, 1.165) is 5.56 Å². The van der Waals surface area contributed by atoms with E-state index < -0.39 is 79.7 Å². The Morgan fingerprint density at radius 1 is 1.12 bits per heavy atom. The molecule has 2 saturated carbocycles. The van der Waals surface area contributed by atoms with Crippen LogP contribution >= 0.6 is 0 Å². The zero-order valence-electron chi connectivity index (χ0n) is 28.6. The van der Waals surface area contributed by atoms with Gasteiger partial charge in [-0.15, -0.1) is 6.58 Å². The van der Waals surface area contributed by atoms with E-state index in [1.807, 2.05) is 0 Å². The Labute approximate surface area is 286 Å². The highest BCUT2D eigenvalue weighted by Crippen LogP contribution is 2.45. The Balaban J connectivity index is 1.41. The lowest BCUT2D eigenvalue weighted by Gasteiger charge is -2.36. The third-order valence-corrected chi connectivity index (χ3v) is 10.5. The number of carbonyl (C=O) groups is 4. The number of nitrogens with zero attached hydrogens (tertiary/aromatic N) is 2. The van der Waals surface area contributed by atoms with Crippen LogP contribution < -0.4 is 20.1 Å². The third kappa shape index (κ3) is 8.26. The minimum absolute atomic E-state index is 0.0231. The predicted octanol–water partition coefficient (Wildman–Crippen LogP) is 3.30. The molecule has 0 radical (unpaired) electrons. The van der Waals surface area contributed by atoms with E-state index in [1.54, 1.807) is 72.1 Å². The number of nitrogens with one attached hydrogen (secondary N) is 3.